The number of carbonyl (C=O) groups is 1. The lowest BCUT2D eigenvalue weighted by Gasteiger charge is -2.30. The Balaban J connectivity index is 1.63. The van der Waals surface area contributed by atoms with Gasteiger partial charge in [0, 0.05) is 38.4 Å². The fraction of sp³-hybridized carbons (Fsp3) is 0.524. The molecule has 0 unspecified atom stereocenters. The topological polar surface area (TPSA) is 93.5 Å². The lowest BCUT2D eigenvalue weighted by molar-refractivity contribution is 0.0949. The third-order valence-corrected chi connectivity index (χ3v) is 7.48. The van der Waals surface area contributed by atoms with Crippen molar-refractivity contribution in [2.24, 2.45) is 13.0 Å². The van der Waals surface area contributed by atoms with Crippen LogP contribution in [0.3, 0.4) is 0 Å². The first-order valence-corrected chi connectivity index (χ1v) is 11.9. The smallest absolute Gasteiger partial charge is 0.255 e. The molecule has 1 fully saturated rings. The van der Waals surface area contributed by atoms with Crippen LogP contribution in [0.4, 0.5) is 0 Å². The van der Waals surface area contributed by atoms with E-state index in [1.807, 2.05) is 24.3 Å². The highest BCUT2D eigenvalue weighted by Gasteiger charge is 2.28. The fourth-order valence-electron chi connectivity index (χ4n) is 3.84. The van der Waals surface area contributed by atoms with Gasteiger partial charge in [0.1, 0.15) is 5.75 Å². The molecule has 0 saturated carbocycles. The maximum atomic E-state index is 12.8. The molecule has 3 rings (SSSR count). The van der Waals surface area contributed by atoms with Gasteiger partial charge in [0.15, 0.2) is 0 Å². The van der Waals surface area contributed by atoms with Gasteiger partial charge in [-0.1, -0.05) is 18.2 Å². The number of aromatic nitrogens is 2. The summed E-state index contributed by atoms with van der Waals surface area (Å²) in [5.41, 5.74) is 2.23. The number of piperidine rings is 1. The number of nitrogens with zero attached hydrogens (tertiary/aromatic N) is 3. The summed E-state index contributed by atoms with van der Waals surface area (Å²) in [4.78, 5) is 12.8. The van der Waals surface area contributed by atoms with Crippen LogP contribution in [0.15, 0.2) is 30.5 Å². The van der Waals surface area contributed by atoms with Crippen molar-refractivity contribution in [3.63, 3.8) is 0 Å². The van der Waals surface area contributed by atoms with Gasteiger partial charge in [0.2, 0.25) is 10.0 Å². The predicted octanol–water partition coefficient (Wildman–Crippen LogP) is 1.96. The molecule has 1 saturated heterocycles. The Morgan fingerprint density at radius 1 is 1.27 bits per heavy atom. The normalized spacial score (nSPS) is 15.8. The van der Waals surface area contributed by atoms with Crippen molar-refractivity contribution < 1.29 is 17.9 Å². The first-order chi connectivity index (χ1) is 14.3. The molecule has 1 aromatic heterocycles. The van der Waals surface area contributed by atoms with Crippen molar-refractivity contribution in [3.8, 4) is 5.75 Å². The fourth-order valence-corrected chi connectivity index (χ4v) is 4.97. The average molecular weight is 435 g/mol. The van der Waals surface area contributed by atoms with Crippen LogP contribution in [0.5, 0.6) is 5.75 Å². The molecule has 164 valence electrons. The summed E-state index contributed by atoms with van der Waals surface area (Å²) < 4.78 is 32.7. The maximum Gasteiger partial charge on any atom is 0.255 e. The summed E-state index contributed by atoms with van der Waals surface area (Å²) in [6.07, 6.45) is 3.96. The van der Waals surface area contributed by atoms with Gasteiger partial charge in [-0.15, -0.1) is 0 Å². The van der Waals surface area contributed by atoms with E-state index in [0.29, 0.717) is 37.5 Å². The van der Waals surface area contributed by atoms with Crippen LogP contribution < -0.4 is 10.1 Å². The molecular weight excluding hydrogens is 404 g/mol. The third kappa shape index (κ3) is 5.20. The van der Waals surface area contributed by atoms with E-state index in [-0.39, 0.29) is 11.7 Å². The molecular formula is C21H30N4O4S. The SMILES string of the molecule is CCS(=O)(=O)N1CCC(Cc2nn(C)cc2C(=O)NCc2ccccc2OC)CC1. The molecule has 30 heavy (non-hydrogen) atoms. The quantitative estimate of drug-likeness (QED) is 0.686. The first kappa shape index (κ1) is 22.3. The Labute approximate surface area is 178 Å². The Morgan fingerprint density at radius 2 is 1.97 bits per heavy atom. The number of nitrogens with one attached hydrogen (secondary N) is 1. The number of methoxy groups -OCH3 is 1. The number of amides is 1. The van der Waals surface area contributed by atoms with Crippen LogP contribution >= 0.6 is 0 Å². The van der Waals surface area contributed by atoms with E-state index in [2.05, 4.69) is 10.4 Å². The zero-order chi connectivity index (χ0) is 21.7. The molecule has 0 atom stereocenters. The van der Waals surface area contributed by atoms with Crippen LogP contribution in [0.1, 0.15) is 41.4 Å². The third-order valence-electron chi connectivity index (χ3n) is 5.60. The van der Waals surface area contributed by atoms with E-state index >= 15 is 0 Å². The molecule has 0 radical (unpaired) electrons. The second kappa shape index (κ2) is 9.61. The molecule has 2 heterocycles. The van der Waals surface area contributed by atoms with Crippen molar-refractivity contribution in [2.45, 2.75) is 32.7 Å². The molecule has 1 aliphatic heterocycles. The van der Waals surface area contributed by atoms with Gasteiger partial charge < -0.3 is 10.1 Å². The summed E-state index contributed by atoms with van der Waals surface area (Å²) in [5, 5.41) is 7.45. The Kier molecular flexibility index (Phi) is 7.14. The molecule has 0 spiro atoms. The highest BCUT2D eigenvalue weighted by atomic mass is 32.2. The number of rotatable bonds is 8. The lowest BCUT2D eigenvalue weighted by Crippen LogP contribution is -2.39. The van der Waals surface area contributed by atoms with Gasteiger partial charge in [0.25, 0.3) is 5.91 Å². The molecule has 1 N–H and O–H groups in total. The number of carbonyl (C=O) groups excluding carboxylic acids is 1. The molecule has 8 nitrogen and oxygen atoms in total. The van der Waals surface area contributed by atoms with Crippen molar-refractivity contribution in [1.82, 2.24) is 19.4 Å². The number of hydrogen-bond acceptors (Lipinski definition) is 5. The molecule has 0 aliphatic carbocycles. The zero-order valence-corrected chi connectivity index (χ0v) is 18.6. The van der Waals surface area contributed by atoms with Crippen LogP contribution in [-0.2, 0) is 30.0 Å². The number of sulfonamides is 1. The Bertz CT molecular complexity index is 979. The van der Waals surface area contributed by atoms with Crippen LogP contribution in [-0.4, -0.2) is 54.4 Å². The maximum absolute atomic E-state index is 12.8. The highest BCUT2D eigenvalue weighted by molar-refractivity contribution is 7.89. The zero-order valence-electron chi connectivity index (χ0n) is 17.8. The van der Waals surface area contributed by atoms with Crippen LogP contribution in [0, 0.1) is 5.92 Å². The number of para-hydroxylation sites is 1. The summed E-state index contributed by atoms with van der Waals surface area (Å²) in [7, 11) is 0.275. The van der Waals surface area contributed by atoms with Gasteiger partial charge in [-0.3, -0.25) is 9.48 Å². The molecule has 2 aromatic rings. The summed E-state index contributed by atoms with van der Waals surface area (Å²) in [5.74, 6) is 1.01. The second-order valence-electron chi connectivity index (χ2n) is 7.60. The molecule has 0 bridgehead atoms. The summed E-state index contributed by atoms with van der Waals surface area (Å²) >= 11 is 0. The summed E-state index contributed by atoms with van der Waals surface area (Å²) in [6, 6.07) is 7.58. The molecule has 1 amide bonds. The van der Waals surface area contributed by atoms with Crippen molar-refractivity contribution >= 4 is 15.9 Å². The van der Waals surface area contributed by atoms with Gasteiger partial charge in [0.05, 0.1) is 24.1 Å². The first-order valence-electron chi connectivity index (χ1n) is 10.2. The minimum absolute atomic E-state index is 0.133. The van der Waals surface area contributed by atoms with E-state index in [1.165, 1.54) is 0 Å². The average Bonchev–Trinajstić information content (AvgIpc) is 3.12. The van der Waals surface area contributed by atoms with Crippen LogP contribution in [0.25, 0.3) is 0 Å². The lowest BCUT2D eigenvalue weighted by atomic mass is 9.92. The standard InChI is InChI=1S/C21H30N4O4S/c1-4-30(27,28)25-11-9-16(10-12-25)13-19-18(15-24(2)23-19)21(26)22-14-17-7-5-6-8-20(17)29-3/h5-8,15-16H,4,9-14H2,1-3H3,(H,22,26). The van der Waals surface area contributed by atoms with Gasteiger partial charge in [-0.05, 0) is 38.2 Å². The predicted molar refractivity (Wildman–Crippen MR) is 115 cm³/mol. The van der Waals surface area contributed by atoms with Gasteiger partial charge >= 0.3 is 0 Å². The number of hydrogen-bond donors (Lipinski definition) is 1. The van der Waals surface area contributed by atoms with E-state index < -0.39 is 10.0 Å². The van der Waals surface area contributed by atoms with Crippen molar-refractivity contribution in [1.29, 1.82) is 0 Å². The van der Waals surface area contributed by atoms with E-state index in [0.717, 1.165) is 29.8 Å². The molecule has 1 aliphatic rings. The summed E-state index contributed by atoms with van der Waals surface area (Å²) in [6.45, 7) is 3.10. The van der Waals surface area contributed by atoms with Crippen LogP contribution in [0.2, 0.25) is 0 Å². The Morgan fingerprint density at radius 3 is 2.63 bits per heavy atom. The number of aryl methyl sites for hydroxylation is 1. The van der Waals surface area contributed by atoms with Crippen molar-refractivity contribution in [3.05, 3.63) is 47.3 Å². The molecule has 9 heteroatoms. The highest BCUT2D eigenvalue weighted by Crippen LogP contribution is 2.24. The molecule has 1 aromatic carbocycles. The number of ether oxygens (including phenoxy) is 1. The van der Waals surface area contributed by atoms with Gasteiger partial charge in [-0.25, -0.2) is 12.7 Å². The minimum Gasteiger partial charge on any atom is -0.496 e. The number of benzene rings is 1. The minimum atomic E-state index is -3.14. The second-order valence-corrected chi connectivity index (χ2v) is 9.86. The van der Waals surface area contributed by atoms with E-state index in [1.54, 1.807) is 36.3 Å². The largest absolute Gasteiger partial charge is 0.496 e. The van der Waals surface area contributed by atoms with Crippen molar-refractivity contribution in [2.75, 3.05) is 26.0 Å². The van der Waals surface area contributed by atoms with E-state index in [4.69, 9.17) is 4.74 Å². The Hall–Kier alpha value is -2.39. The van der Waals surface area contributed by atoms with Gasteiger partial charge in [-0.2, -0.15) is 5.10 Å². The monoisotopic (exact) mass is 434 g/mol. The van der Waals surface area contributed by atoms with E-state index in [9.17, 15) is 13.2 Å².